The van der Waals surface area contributed by atoms with Gasteiger partial charge < -0.3 is 9.47 Å². The number of nitrogens with zero attached hydrogens (tertiary/aromatic N) is 4. The molecule has 0 radical (unpaired) electrons. The Labute approximate surface area is 153 Å². The predicted molar refractivity (Wildman–Crippen MR) is 89.5 cm³/mol. The van der Waals surface area contributed by atoms with E-state index >= 15 is 0 Å². The molecule has 0 aliphatic carbocycles. The number of carbonyl (C=O) groups excluding carboxylic acids is 2. The Hall–Kier alpha value is -2.88. The lowest BCUT2D eigenvalue weighted by Gasteiger charge is -2.08. The summed E-state index contributed by atoms with van der Waals surface area (Å²) in [6.07, 6.45) is -2.85. The van der Waals surface area contributed by atoms with Gasteiger partial charge in [-0.3, -0.25) is 0 Å². The lowest BCUT2D eigenvalue weighted by atomic mass is 10.2. The van der Waals surface area contributed by atoms with E-state index in [9.17, 15) is 9.59 Å². The van der Waals surface area contributed by atoms with Crippen LogP contribution in [-0.4, -0.2) is 37.6 Å². The van der Waals surface area contributed by atoms with Crippen LogP contribution in [0.25, 0.3) is 0 Å². The van der Waals surface area contributed by atoms with E-state index in [0.717, 1.165) is 0 Å². The van der Waals surface area contributed by atoms with Gasteiger partial charge in [-0.25, -0.2) is 0 Å². The number of carbonyl (C=O) groups is 2. The Bertz CT molecular complexity index is 476. The maximum absolute atomic E-state index is 10.7. The lowest BCUT2D eigenvalue weighted by molar-refractivity contribution is -0.222. The minimum atomic E-state index is -1.08. The molecule has 0 aromatic carbocycles. The van der Waals surface area contributed by atoms with Crippen LogP contribution in [-0.2, 0) is 19.2 Å². The van der Waals surface area contributed by atoms with Gasteiger partial charge in [0.2, 0.25) is 0 Å². The molecular formula is C16H26N4O6. The Morgan fingerprint density at radius 1 is 0.769 bits per heavy atom. The van der Waals surface area contributed by atoms with Gasteiger partial charge in [-0.1, -0.05) is 0 Å². The molecule has 0 aromatic heterocycles. The second-order valence-corrected chi connectivity index (χ2v) is 5.71. The minimum absolute atomic E-state index is 0.0915. The van der Waals surface area contributed by atoms with Crippen molar-refractivity contribution in [1.82, 2.24) is 0 Å². The van der Waals surface area contributed by atoms with E-state index in [1.54, 1.807) is 41.5 Å². The molecule has 0 amide bonds. The molecule has 0 aliphatic rings. The van der Waals surface area contributed by atoms with Crippen molar-refractivity contribution >= 4 is 12.3 Å². The van der Waals surface area contributed by atoms with Crippen molar-refractivity contribution in [2.75, 3.05) is 13.1 Å². The standard InChI is InChI=1S/C8H12N4.C8H14O6/c1-7(3-9)5-11-12-6-8(2)4-10;1-5(2)11-7(9)13-14-8(10)12-6(3)4/h7-8H,5-6H2,1-2H3;5-6H,1-4H3. The van der Waals surface area contributed by atoms with Crippen LogP contribution in [0, 0.1) is 34.5 Å². The molecule has 0 fully saturated rings. The highest BCUT2D eigenvalue weighted by Crippen LogP contribution is 1.97. The summed E-state index contributed by atoms with van der Waals surface area (Å²) < 4.78 is 9.02. The molecule has 0 aliphatic heterocycles. The van der Waals surface area contributed by atoms with E-state index in [0.29, 0.717) is 13.1 Å². The van der Waals surface area contributed by atoms with Crippen LogP contribution < -0.4 is 0 Å². The normalized spacial score (nSPS) is 12.2. The number of nitriles is 2. The van der Waals surface area contributed by atoms with Gasteiger partial charge in [0.25, 0.3) is 0 Å². The molecule has 0 N–H and O–H groups in total. The van der Waals surface area contributed by atoms with E-state index in [1.807, 2.05) is 12.1 Å². The van der Waals surface area contributed by atoms with Crippen molar-refractivity contribution in [2.45, 2.75) is 53.8 Å². The second-order valence-electron chi connectivity index (χ2n) is 5.71. The van der Waals surface area contributed by atoms with Gasteiger partial charge in [0.05, 0.1) is 49.3 Å². The fraction of sp³-hybridized carbons (Fsp3) is 0.750. The summed E-state index contributed by atoms with van der Waals surface area (Å²) in [5.74, 6) is -0.183. The first-order valence-corrected chi connectivity index (χ1v) is 8.00. The van der Waals surface area contributed by atoms with Crippen molar-refractivity contribution in [3.05, 3.63) is 0 Å². The molecule has 146 valence electrons. The highest BCUT2D eigenvalue weighted by atomic mass is 17.3. The highest BCUT2D eigenvalue weighted by molar-refractivity contribution is 5.63. The van der Waals surface area contributed by atoms with Crippen molar-refractivity contribution in [3.8, 4) is 12.1 Å². The largest absolute Gasteiger partial charge is 0.550 e. The van der Waals surface area contributed by atoms with E-state index < -0.39 is 12.3 Å². The molecule has 0 saturated carbocycles. The molecule has 0 rings (SSSR count). The Morgan fingerprint density at radius 2 is 1.08 bits per heavy atom. The molecule has 10 heteroatoms. The summed E-state index contributed by atoms with van der Waals surface area (Å²) >= 11 is 0. The van der Waals surface area contributed by atoms with Crippen LogP contribution in [0.1, 0.15) is 41.5 Å². The number of rotatable bonds is 6. The van der Waals surface area contributed by atoms with E-state index in [2.05, 4.69) is 29.5 Å². The molecule has 0 bridgehead atoms. The molecule has 2 atom stereocenters. The third kappa shape index (κ3) is 19.2. The number of hydrogen-bond acceptors (Lipinski definition) is 10. The molecule has 2 unspecified atom stereocenters. The fourth-order valence-corrected chi connectivity index (χ4v) is 0.934. The van der Waals surface area contributed by atoms with Crippen molar-refractivity contribution in [2.24, 2.45) is 22.1 Å². The molecule has 0 heterocycles. The quantitative estimate of drug-likeness (QED) is 0.297. The molecule has 0 aromatic rings. The zero-order chi connectivity index (χ0) is 20.5. The maximum atomic E-state index is 10.7. The first kappa shape index (κ1) is 25.4. The van der Waals surface area contributed by atoms with Gasteiger partial charge in [0.1, 0.15) is 0 Å². The average molecular weight is 370 g/mol. The number of azo groups is 1. The van der Waals surface area contributed by atoms with E-state index in [-0.39, 0.29) is 24.0 Å². The van der Waals surface area contributed by atoms with Crippen LogP contribution in [0.15, 0.2) is 10.2 Å². The SMILES string of the molecule is CC(C#N)CN=NCC(C)C#N.CC(C)OC(=O)OOC(=O)OC(C)C. The number of ether oxygens (including phenoxy) is 2. The summed E-state index contributed by atoms with van der Waals surface area (Å²) in [6, 6.07) is 4.10. The molecule has 0 spiro atoms. The predicted octanol–water partition coefficient (Wildman–Crippen LogP) is 3.78. The molecule has 26 heavy (non-hydrogen) atoms. The minimum Gasteiger partial charge on any atom is -0.429 e. The van der Waals surface area contributed by atoms with Gasteiger partial charge in [0, 0.05) is 0 Å². The summed E-state index contributed by atoms with van der Waals surface area (Å²) in [5.41, 5.74) is 0. The van der Waals surface area contributed by atoms with Gasteiger partial charge >= 0.3 is 12.3 Å². The Kier molecular flexibility index (Phi) is 15.3. The Morgan fingerprint density at radius 3 is 1.31 bits per heavy atom. The monoisotopic (exact) mass is 370 g/mol. The molecule has 10 nitrogen and oxygen atoms in total. The van der Waals surface area contributed by atoms with Gasteiger partial charge in [-0.2, -0.15) is 40.1 Å². The molecule has 0 saturated heterocycles. The van der Waals surface area contributed by atoms with Crippen LogP contribution in [0.4, 0.5) is 9.59 Å². The van der Waals surface area contributed by atoms with Gasteiger partial charge in [0.15, 0.2) is 0 Å². The van der Waals surface area contributed by atoms with Crippen LogP contribution in [0.5, 0.6) is 0 Å². The van der Waals surface area contributed by atoms with Crippen molar-refractivity contribution in [3.63, 3.8) is 0 Å². The summed E-state index contributed by atoms with van der Waals surface area (Å²) in [5, 5.41) is 24.3. The van der Waals surface area contributed by atoms with Crippen LogP contribution >= 0.6 is 0 Å². The Balaban J connectivity index is 0. The van der Waals surface area contributed by atoms with E-state index in [4.69, 9.17) is 10.5 Å². The maximum Gasteiger partial charge on any atom is 0.550 e. The fourth-order valence-electron chi connectivity index (χ4n) is 0.934. The summed E-state index contributed by atoms with van der Waals surface area (Å²) in [4.78, 5) is 29.3. The van der Waals surface area contributed by atoms with Crippen molar-refractivity contribution < 1.29 is 28.8 Å². The van der Waals surface area contributed by atoms with Gasteiger partial charge in [-0.05, 0) is 41.5 Å². The second kappa shape index (κ2) is 15.6. The summed E-state index contributed by atoms with van der Waals surface area (Å²) in [7, 11) is 0. The lowest BCUT2D eigenvalue weighted by Crippen LogP contribution is -2.18. The highest BCUT2D eigenvalue weighted by Gasteiger charge is 2.14. The van der Waals surface area contributed by atoms with Crippen LogP contribution in [0.3, 0.4) is 0 Å². The third-order valence-electron chi connectivity index (χ3n) is 2.09. The first-order chi connectivity index (χ1) is 12.1. The van der Waals surface area contributed by atoms with Crippen molar-refractivity contribution in [1.29, 1.82) is 10.5 Å². The average Bonchev–Trinajstić information content (AvgIpc) is 2.55. The first-order valence-electron chi connectivity index (χ1n) is 8.00. The smallest absolute Gasteiger partial charge is 0.429 e. The van der Waals surface area contributed by atoms with E-state index in [1.165, 1.54) is 0 Å². The number of hydrogen-bond donors (Lipinski definition) is 0. The van der Waals surface area contributed by atoms with Crippen LogP contribution in [0.2, 0.25) is 0 Å². The topological polar surface area (TPSA) is 143 Å². The van der Waals surface area contributed by atoms with Gasteiger partial charge in [-0.15, -0.1) is 0 Å². The zero-order valence-electron chi connectivity index (χ0n) is 16.0. The third-order valence-corrected chi connectivity index (χ3v) is 2.09. The molecular weight excluding hydrogens is 344 g/mol. The zero-order valence-corrected chi connectivity index (χ0v) is 16.0. The summed E-state index contributed by atoms with van der Waals surface area (Å²) in [6.45, 7) is 10.9.